The van der Waals surface area contributed by atoms with Crippen molar-refractivity contribution in [1.29, 1.82) is 0 Å². The Hall–Kier alpha value is -6.04. The molecule has 1 atom stereocenters. The molecule has 0 saturated heterocycles. The Morgan fingerprint density at radius 1 is 0.267 bits per heavy atom. The van der Waals surface area contributed by atoms with Gasteiger partial charge in [-0.25, -0.2) is 0 Å². The molecule has 0 rings (SSSR count). The predicted molar refractivity (Wildman–Crippen MR) is 379 cm³/mol. The van der Waals surface area contributed by atoms with Crippen molar-refractivity contribution in [3.63, 3.8) is 0 Å². The van der Waals surface area contributed by atoms with Crippen LogP contribution >= 0.6 is 0 Å². The first kappa shape index (κ1) is 80.0. The van der Waals surface area contributed by atoms with Gasteiger partial charge in [-0.05, 0) is 161 Å². The van der Waals surface area contributed by atoms with E-state index in [1.165, 1.54) is 51.4 Å². The highest BCUT2D eigenvalue weighted by Crippen LogP contribution is 2.14. The third kappa shape index (κ3) is 70.4. The molecule has 0 aromatic heterocycles. The van der Waals surface area contributed by atoms with E-state index in [1.54, 1.807) is 0 Å². The highest BCUT2D eigenvalue weighted by Gasteiger charge is 2.16. The fourth-order valence-electron chi connectivity index (χ4n) is 8.46. The SMILES string of the molecule is CC/C=C\C/C=C\C/C=C\C/C=C\C/C=C\C/C=C\C/C=C\C/C=C\C/C=C\C/C=C\C/C=C\CCCCCC(=O)OC(CO)COC(=O)CCCCCCCCCCCC/C=C\C/C=C\C/C=C\C/C=C\C/C=C\C/C=C\C/C=C\C/C=C\CC. The first-order valence-electron chi connectivity index (χ1n) is 33.9. The van der Waals surface area contributed by atoms with Gasteiger partial charge < -0.3 is 14.6 Å². The van der Waals surface area contributed by atoms with Crippen LogP contribution in [0.25, 0.3) is 0 Å². The first-order valence-corrected chi connectivity index (χ1v) is 33.9. The predicted octanol–water partition coefficient (Wildman–Crippen LogP) is 24.1. The number of carbonyl (C=O) groups is 2. The van der Waals surface area contributed by atoms with Crippen molar-refractivity contribution < 1.29 is 24.2 Å². The van der Waals surface area contributed by atoms with Crippen LogP contribution in [-0.2, 0) is 19.1 Å². The van der Waals surface area contributed by atoms with E-state index in [9.17, 15) is 14.7 Å². The first-order chi connectivity index (χ1) is 42.6. The van der Waals surface area contributed by atoms with E-state index >= 15 is 0 Å². The van der Waals surface area contributed by atoms with Crippen LogP contribution in [-0.4, -0.2) is 36.4 Å². The summed E-state index contributed by atoms with van der Waals surface area (Å²) in [5.41, 5.74) is 0. The van der Waals surface area contributed by atoms with E-state index in [-0.39, 0.29) is 25.2 Å². The second-order valence-corrected chi connectivity index (χ2v) is 21.4. The van der Waals surface area contributed by atoms with Crippen molar-refractivity contribution in [2.24, 2.45) is 0 Å². The number of hydrogen-bond acceptors (Lipinski definition) is 5. The van der Waals surface area contributed by atoms with Crippen molar-refractivity contribution in [2.75, 3.05) is 13.2 Å². The molecule has 5 heteroatoms. The summed E-state index contributed by atoms with van der Waals surface area (Å²) in [4.78, 5) is 24.6. The molecule has 0 heterocycles. The van der Waals surface area contributed by atoms with Gasteiger partial charge in [-0.1, -0.05) is 303 Å². The molecular formula is C81H122O5. The van der Waals surface area contributed by atoms with Gasteiger partial charge in [0.15, 0.2) is 6.10 Å². The number of rotatable bonds is 59. The number of allylic oxidation sites excluding steroid dienone is 38. The third-order valence-electron chi connectivity index (χ3n) is 13.5. The van der Waals surface area contributed by atoms with Crippen LogP contribution in [0.4, 0.5) is 0 Å². The van der Waals surface area contributed by atoms with Crippen molar-refractivity contribution in [3.8, 4) is 0 Å². The highest BCUT2D eigenvalue weighted by molar-refractivity contribution is 5.70. The van der Waals surface area contributed by atoms with E-state index in [1.807, 2.05) is 0 Å². The van der Waals surface area contributed by atoms with Crippen molar-refractivity contribution in [1.82, 2.24) is 0 Å². The largest absolute Gasteiger partial charge is 0.462 e. The molecular weight excluding hydrogens is 1050 g/mol. The van der Waals surface area contributed by atoms with Crippen LogP contribution in [0, 0.1) is 0 Å². The molecule has 0 aliphatic carbocycles. The van der Waals surface area contributed by atoms with Crippen LogP contribution in [0.1, 0.15) is 245 Å². The molecule has 0 amide bonds. The zero-order valence-corrected chi connectivity index (χ0v) is 54.5. The van der Waals surface area contributed by atoms with Crippen LogP contribution in [0.3, 0.4) is 0 Å². The molecule has 0 radical (unpaired) electrons. The highest BCUT2D eigenvalue weighted by atomic mass is 16.6. The van der Waals surface area contributed by atoms with E-state index in [2.05, 4.69) is 245 Å². The van der Waals surface area contributed by atoms with Gasteiger partial charge in [-0.15, -0.1) is 0 Å². The number of ether oxygens (including phenoxy) is 2. The molecule has 0 aromatic carbocycles. The molecule has 0 bridgehead atoms. The summed E-state index contributed by atoms with van der Waals surface area (Å²) in [6.07, 6.45) is 120. The number of unbranched alkanes of at least 4 members (excludes halogenated alkanes) is 13. The molecule has 5 nitrogen and oxygen atoms in total. The smallest absolute Gasteiger partial charge is 0.306 e. The van der Waals surface area contributed by atoms with Gasteiger partial charge in [0, 0.05) is 12.8 Å². The maximum Gasteiger partial charge on any atom is 0.306 e. The van der Waals surface area contributed by atoms with Gasteiger partial charge in [-0.2, -0.15) is 0 Å². The summed E-state index contributed by atoms with van der Waals surface area (Å²) in [5.74, 6) is -0.651. The molecule has 86 heavy (non-hydrogen) atoms. The molecule has 0 fully saturated rings. The number of aliphatic hydroxyl groups is 1. The Morgan fingerprint density at radius 2 is 0.465 bits per heavy atom. The normalized spacial score (nSPS) is 13.8. The summed E-state index contributed by atoms with van der Waals surface area (Å²) in [5, 5.41) is 9.69. The lowest BCUT2D eigenvalue weighted by atomic mass is 10.1. The zero-order chi connectivity index (χ0) is 61.9. The molecule has 0 aliphatic heterocycles. The van der Waals surface area contributed by atoms with Crippen LogP contribution in [0.5, 0.6) is 0 Å². The Balaban J connectivity index is 3.67. The van der Waals surface area contributed by atoms with Crippen LogP contribution in [0.2, 0.25) is 0 Å². The minimum absolute atomic E-state index is 0.0976. The Morgan fingerprint density at radius 3 is 0.709 bits per heavy atom. The molecule has 476 valence electrons. The monoisotopic (exact) mass is 1170 g/mol. The number of hydrogen-bond donors (Lipinski definition) is 1. The van der Waals surface area contributed by atoms with Gasteiger partial charge in [0.1, 0.15) is 6.61 Å². The zero-order valence-electron chi connectivity index (χ0n) is 54.5. The average Bonchev–Trinajstić information content (AvgIpc) is 3.53. The Kier molecular flexibility index (Phi) is 68.1. The van der Waals surface area contributed by atoms with Gasteiger partial charge >= 0.3 is 11.9 Å². The third-order valence-corrected chi connectivity index (χ3v) is 13.5. The van der Waals surface area contributed by atoms with Crippen molar-refractivity contribution >= 4 is 11.9 Å². The quantitative estimate of drug-likeness (QED) is 0.0373. The molecule has 0 saturated carbocycles. The van der Waals surface area contributed by atoms with Crippen molar-refractivity contribution in [3.05, 3.63) is 231 Å². The number of aliphatic hydroxyl groups excluding tert-OH is 1. The summed E-state index contributed by atoms with van der Waals surface area (Å²) in [6.45, 7) is 3.87. The topological polar surface area (TPSA) is 72.8 Å². The average molecular weight is 1180 g/mol. The lowest BCUT2D eigenvalue weighted by Gasteiger charge is -2.15. The van der Waals surface area contributed by atoms with E-state index < -0.39 is 6.10 Å². The van der Waals surface area contributed by atoms with Crippen LogP contribution < -0.4 is 0 Å². The minimum atomic E-state index is -0.812. The van der Waals surface area contributed by atoms with Crippen LogP contribution in [0.15, 0.2) is 231 Å². The van der Waals surface area contributed by atoms with E-state index in [0.717, 1.165) is 167 Å². The molecule has 0 aliphatic rings. The fourth-order valence-corrected chi connectivity index (χ4v) is 8.46. The Bertz CT molecular complexity index is 2110. The second kappa shape index (κ2) is 73.2. The number of esters is 2. The number of carbonyl (C=O) groups excluding carboxylic acids is 2. The molecule has 1 unspecified atom stereocenters. The van der Waals surface area contributed by atoms with E-state index in [0.29, 0.717) is 12.8 Å². The van der Waals surface area contributed by atoms with E-state index in [4.69, 9.17) is 9.47 Å². The lowest BCUT2D eigenvalue weighted by molar-refractivity contribution is -0.161. The standard InChI is InChI=1S/C81H122O5/c1-3-5-7-9-11-13-15-17-19-21-23-25-27-29-31-33-35-37-39-40-42-44-46-48-50-52-54-56-58-60-62-64-66-68-70-72-74-76-81(84)86-79(77-82)78-85-80(83)75-73-71-69-67-65-63-61-59-57-55-53-51-49-47-45-43-41-38-36-34-32-30-28-26-24-22-20-18-16-14-12-10-8-6-4-2/h5-8,11-14,17-20,23-26,29-32,35-38,40,42-43,45-46,48-49,51-52,54,58,60,64,66,79,82H,3-4,9-10,15-16,21-22,27-28,33-34,39,41,44,47,50,53,55-57,59,61-63,65,67-78H2,1-2H3/b7-5-,8-6-,13-11-,14-12-,19-17-,20-18-,25-23-,26-24-,31-29-,32-30-,37-35-,38-36-,42-40-,45-43-,48-46-,51-49-,54-52-,60-58-,66-64-. The molecule has 1 N–H and O–H groups in total. The summed E-state index contributed by atoms with van der Waals surface area (Å²) in [6, 6.07) is 0. The lowest BCUT2D eigenvalue weighted by Crippen LogP contribution is -2.28. The fraction of sp³-hybridized carbons (Fsp3) is 0.506. The Labute approximate surface area is 528 Å². The van der Waals surface area contributed by atoms with Gasteiger partial charge in [0.25, 0.3) is 0 Å². The maximum atomic E-state index is 12.3. The summed E-state index contributed by atoms with van der Waals surface area (Å²) >= 11 is 0. The van der Waals surface area contributed by atoms with Gasteiger partial charge in [0.2, 0.25) is 0 Å². The molecule has 0 aromatic rings. The minimum Gasteiger partial charge on any atom is -0.462 e. The summed E-state index contributed by atoms with van der Waals surface area (Å²) < 4.78 is 10.7. The maximum absolute atomic E-state index is 12.3. The van der Waals surface area contributed by atoms with Crippen molar-refractivity contribution in [2.45, 2.75) is 251 Å². The van der Waals surface area contributed by atoms with Gasteiger partial charge in [0.05, 0.1) is 6.61 Å². The second-order valence-electron chi connectivity index (χ2n) is 21.4. The van der Waals surface area contributed by atoms with Gasteiger partial charge in [-0.3, -0.25) is 9.59 Å². The summed E-state index contributed by atoms with van der Waals surface area (Å²) in [7, 11) is 0. The molecule has 0 spiro atoms.